The van der Waals surface area contributed by atoms with Crippen molar-refractivity contribution >= 4 is 40.6 Å². The monoisotopic (exact) mass is 487 g/mol. The van der Waals surface area contributed by atoms with Gasteiger partial charge in [0.05, 0.1) is 48.0 Å². The van der Waals surface area contributed by atoms with Gasteiger partial charge in [0.1, 0.15) is 5.69 Å². The molecule has 1 fully saturated rings. The Kier molecular flexibility index (Phi) is 9.26. The Balaban J connectivity index is 1.53. The lowest BCUT2D eigenvalue weighted by Gasteiger charge is -2.16. The quantitative estimate of drug-likeness (QED) is 0.270. The lowest BCUT2D eigenvalue weighted by Crippen LogP contribution is -2.27. The third-order valence-electron chi connectivity index (χ3n) is 5.36. The number of carbonyl (C=O) groups is 3. The summed E-state index contributed by atoms with van der Waals surface area (Å²) in [4.78, 5) is 54.6. The van der Waals surface area contributed by atoms with E-state index in [-0.39, 0.29) is 36.7 Å². The van der Waals surface area contributed by atoms with Gasteiger partial charge in [0.2, 0.25) is 5.91 Å². The average Bonchev–Trinajstić information content (AvgIpc) is 3.18. The molecule has 10 heteroatoms. The van der Waals surface area contributed by atoms with Crippen molar-refractivity contribution in [1.82, 2.24) is 14.5 Å². The van der Waals surface area contributed by atoms with E-state index >= 15 is 0 Å². The van der Waals surface area contributed by atoms with E-state index in [9.17, 15) is 19.2 Å². The standard InChI is InChI=1S/C24H29N3O6S/c1-3-4-12-26-19-9-6-5-8-17(19)25-18(24(26)31)10-11-22(29)33-14-7-13-27-20(28)16-34-21(27)15-23(30)32-2/h5-6,8-9,15H,3-4,7,10-14,16H2,1-2H3/b21-15-. The molecule has 0 unspecified atom stereocenters. The van der Waals surface area contributed by atoms with E-state index in [0.29, 0.717) is 30.2 Å². The van der Waals surface area contributed by atoms with E-state index in [0.717, 1.165) is 23.9 Å². The maximum absolute atomic E-state index is 12.9. The van der Waals surface area contributed by atoms with Crippen molar-refractivity contribution in [3.63, 3.8) is 0 Å². The predicted molar refractivity (Wildman–Crippen MR) is 129 cm³/mol. The molecule has 0 aliphatic carbocycles. The van der Waals surface area contributed by atoms with Gasteiger partial charge < -0.3 is 18.9 Å². The lowest BCUT2D eigenvalue weighted by atomic mass is 10.2. The molecule has 1 aromatic carbocycles. The molecule has 1 aliphatic heterocycles. The summed E-state index contributed by atoms with van der Waals surface area (Å²) in [6, 6.07) is 7.50. The number of esters is 2. The zero-order valence-corrected chi connectivity index (χ0v) is 20.3. The van der Waals surface area contributed by atoms with Crippen molar-refractivity contribution in [2.75, 3.05) is 26.0 Å². The normalized spacial score (nSPS) is 14.7. The molecule has 1 aromatic heterocycles. The molecule has 0 radical (unpaired) electrons. The van der Waals surface area contributed by atoms with Gasteiger partial charge in [-0.2, -0.15) is 0 Å². The molecule has 0 atom stereocenters. The van der Waals surface area contributed by atoms with Crippen molar-refractivity contribution < 1.29 is 23.9 Å². The summed E-state index contributed by atoms with van der Waals surface area (Å²) in [7, 11) is 1.28. The van der Waals surface area contributed by atoms with Gasteiger partial charge in [-0.1, -0.05) is 37.2 Å². The van der Waals surface area contributed by atoms with Gasteiger partial charge in [-0.25, -0.2) is 9.78 Å². The number of aryl methyl sites for hydroxylation is 2. The summed E-state index contributed by atoms with van der Waals surface area (Å²) in [6.45, 7) is 3.14. The molecule has 2 heterocycles. The van der Waals surface area contributed by atoms with Crippen molar-refractivity contribution in [3.05, 3.63) is 51.4 Å². The largest absolute Gasteiger partial charge is 0.466 e. The van der Waals surface area contributed by atoms with Crippen LogP contribution in [-0.4, -0.2) is 58.3 Å². The summed E-state index contributed by atoms with van der Waals surface area (Å²) in [5, 5.41) is 0.532. The zero-order valence-electron chi connectivity index (χ0n) is 19.5. The van der Waals surface area contributed by atoms with Crippen molar-refractivity contribution in [2.24, 2.45) is 0 Å². The van der Waals surface area contributed by atoms with Gasteiger partial charge in [-0.15, -0.1) is 0 Å². The number of ether oxygens (including phenoxy) is 2. The van der Waals surface area contributed by atoms with E-state index in [1.807, 2.05) is 24.3 Å². The number of hydrogen-bond acceptors (Lipinski definition) is 8. The van der Waals surface area contributed by atoms with Crippen LogP contribution in [0.1, 0.15) is 38.3 Å². The topological polar surface area (TPSA) is 108 Å². The first-order valence-electron chi connectivity index (χ1n) is 11.3. The minimum Gasteiger partial charge on any atom is -0.466 e. The van der Waals surface area contributed by atoms with Crippen LogP contribution in [0, 0.1) is 0 Å². The molecule has 2 aromatic rings. The highest BCUT2D eigenvalue weighted by atomic mass is 32.2. The van der Waals surface area contributed by atoms with Crippen LogP contribution < -0.4 is 5.56 Å². The maximum Gasteiger partial charge on any atom is 0.333 e. The van der Waals surface area contributed by atoms with E-state index in [4.69, 9.17) is 4.74 Å². The molecule has 0 bridgehead atoms. The Hall–Kier alpha value is -3.14. The van der Waals surface area contributed by atoms with Crippen LogP contribution in [0.5, 0.6) is 0 Å². The number of unbranched alkanes of at least 4 members (excludes halogenated alkanes) is 1. The second-order valence-corrected chi connectivity index (χ2v) is 8.77. The van der Waals surface area contributed by atoms with E-state index in [1.54, 1.807) is 4.57 Å². The average molecular weight is 488 g/mol. The Morgan fingerprint density at radius 2 is 1.97 bits per heavy atom. The van der Waals surface area contributed by atoms with Crippen molar-refractivity contribution in [3.8, 4) is 0 Å². The second-order valence-electron chi connectivity index (χ2n) is 7.77. The molecule has 0 spiro atoms. The van der Waals surface area contributed by atoms with E-state index < -0.39 is 11.9 Å². The highest BCUT2D eigenvalue weighted by molar-refractivity contribution is 8.04. The third kappa shape index (κ3) is 6.47. The minimum absolute atomic E-state index is 0.0420. The SMILES string of the molecule is CCCCn1c(=O)c(CCC(=O)OCCCN2C(=O)CS/C2=C\C(=O)OC)nc2ccccc21. The number of hydrogen-bond donors (Lipinski definition) is 0. The fraction of sp³-hybridized carbons (Fsp3) is 0.458. The Morgan fingerprint density at radius 1 is 1.18 bits per heavy atom. The molecule has 1 aliphatic rings. The zero-order chi connectivity index (χ0) is 24.5. The molecule has 1 amide bonds. The third-order valence-corrected chi connectivity index (χ3v) is 6.39. The number of amides is 1. The first-order chi connectivity index (χ1) is 16.4. The van der Waals surface area contributed by atoms with Gasteiger partial charge in [-0.3, -0.25) is 14.4 Å². The van der Waals surface area contributed by atoms with Gasteiger partial charge in [0, 0.05) is 19.5 Å². The Morgan fingerprint density at radius 3 is 2.74 bits per heavy atom. The van der Waals surface area contributed by atoms with Crippen LogP contribution in [0.2, 0.25) is 0 Å². The lowest BCUT2D eigenvalue weighted by molar-refractivity contribution is -0.143. The number of aromatic nitrogens is 2. The van der Waals surface area contributed by atoms with Gasteiger partial charge in [0.25, 0.3) is 5.56 Å². The molecular formula is C24H29N3O6S. The number of nitrogens with zero attached hydrogens (tertiary/aromatic N) is 3. The van der Waals surface area contributed by atoms with Crippen LogP contribution in [0.25, 0.3) is 11.0 Å². The fourth-order valence-corrected chi connectivity index (χ4v) is 4.53. The maximum atomic E-state index is 12.9. The first-order valence-corrected chi connectivity index (χ1v) is 12.3. The van der Waals surface area contributed by atoms with Crippen LogP contribution >= 0.6 is 11.8 Å². The van der Waals surface area contributed by atoms with Crippen LogP contribution in [0.4, 0.5) is 0 Å². The molecule has 3 rings (SSSR count). The second kappa shape index (κ2) is 12.4. The smallest absolute Gasteiger partial charge is 0.333 e. The molecule has 182 valence electrons. The number of para-hydroxylation sites is 2. The molecule has 1 saturated heterocycles. The number of benzene rings is 1. The summed E-state index contributed by atoms with van der Waals surface area (Å²) < 4.78 is 11.6. The summed E-state index contributed by atoms with van der Waals surface area (Å²) >= 11 is 1.27. The Labute approximate surface area is 202 Å². The number of rotatable bonds is 11. The summed E-state index contributed by atoms with van der Waals surface area (Å²) in [5.74, 6) is -0.795. The van der Waals surface area contributed by atoms with Gasteiger partial charge in [-0.05, 0) is 25.0 Å². The summed E-state index contributed by atoms with van der Waals surface area (Å²) in [5.41, 5.74) is 1.70. The highest BCUT2D eigenvalue weighted by Gasteiger charge is 2.27. The predicted octanol–water partition coefficient (Wildman–Crippen LogP) is 2.65. The van der Waals surface area contributed by atoms with E-state index in [1.165, 1.54) is 29.8 Å². The number of fused-ring (bicyclic) bond motifs is 1. The molecular weight excluding hydrogens is 458 g/mol. The van der Waals surface area contributed by atoms with Gasteiger partial charge in [0.15, 0.2) is 0 Å². The van der Waals surface area contributed by atoms with Crippen LogP contribution in [-0.2, 0) is 36.8 Å². The first kappa shape index (κ1) is 25.5. The summed E-state index contributed by atoms with van der Waals surface area (Å²) in [6.07, 6.45) is 3.79. The molecule has 0 N–H and O–H groups in total. The Bertz CT molecular complexity index is 1140. The highest BCUT2D eigenvalue weighted by Crippen LogP contribution is 2.28. The molecule has 0 saturated carbocycles. The molecule has 34 heavy (non-hydrogen) atoms. The number of carbonyl (C=O) groups excluding carboxylic acids is 3. The van der Waals surface area contributed by atoms with E-state index in [2.05, 4.69) is 16.6 Å². The number of methoxy groups -OCH3 is 1. The molecule has 9 nitrogen and oxygen atoms in total. The van der Waals surface area contributed by atoms with Gasteiger partial charge >= 0.3 is 11.9 Å². The van der Waals surface area contributed by atoms with Crippen LogP contribution in [0.3, 0.4) is 0 Å². The van der Waals surface area contributed by atoms with Crippen molar-refractivity contribution in [1.29, 1.82) is 0 Å². The van der Waals surface area contributed by atoms with Crippen molar-refractivity contribution in [2.45, 2.75) is 45.6 Å². The van der Waals surface area contributed by atoms with Crippen LogP contribution in [0.15, 0.2) is 40.2 Å². The fourth-order valence-electron chi connectivity index (χ4n) is 3.58. The number of thioether (sulfide) groups is 1. The minimum atomic E-state index is -0.523.